The van der Waals surface area contributed by atoms with Gasteiger partial charge in [0.05, 0.1) is 0 Å². The number of piperidine rings is 1. The van der Waals surface area contributed by atoms with E-state index in [-0.39, 0.29) is 30.5 Å². The van der Waals surface area contributed by atoms with E-state index in [0.29, 0.717) is 13.2 Å². The minimum atomic E-state index is -0.328. The fraction of sp³-hybridized carbons (Fsp3) is 0.900. The molecule has 1 fully saturated rings. The van der Waals surface area contributed by atoms with E-state index in [2.05, 4.69) is 0 Å². The molecular weight excluding hydrogens is 216 g/mol. The Morgan fingerprint density at radius 2 is 2.33 bits per heavy atom. The van der Waals surface area contributed by atoms with E-state index in [1.807, 2.05) is 11.8 Å². The molecule has 0 aliphatic carbocycles. The molecule has 1 aliphatic rings. The number of hydrogen-bond acceptors (Lipinski definition) is 3. The number of carbonyl (C=O) groups excluding carboxylic acids is 1. The Kier molecular flexibility index (Phi) is 6.89. The molecule has 1 aliphatic heterocycles. The topological polar surface area (TPSA) is 55.6 Å². The first-order chi connectivity index (χ1) is 6.65. The normalized spacial score (nSPS) is 23.1. The van der Waals surface area contributed by atoms with Gasteiger partial charge < -0.3 is 15.4 Å². The van der Waals surface area contributed by atoms with Crippen LogP contribution in [0.5, 0.6) is 0 Å². The number of carbonyl (C=O) groups is 1. The largest absolute Gasteiger partial charge is 0.369 e. The molecule has 1 rings (SSSR count). The van der Waals surface area contributed by atoms with Crippen molar-refractivity contribution in [3.8, 4) is 0 Å². The lowest BCUT2D eigenvalue weighted by Gasteiger charge is -2.32. The third kappa shape index (κ3) is 4.36. The number of ether oxygens (including phenoxy) is 1. The van der Waals surface area contributed by atoms with Crippen LogP contribution < -0.4 is 5.73 Å². The number of hydrogen-bond donors (Lipinski definition) is 1. The van der Waals surface area contributed by atoms with Crippen molar-refractivity contribution < 1.29 is 9.53 Å². The first-order valence-electron chi connectivity index (χ1n) is 5.31. The molecular formula is C10H21ClN2O2. The van der Waals surface area contributed by atoms with Crippen molar-refractivity contribution in [1.82, 2.24) is 4.90 Å². The molecule has 15 heavy (non-hydrogen) atoms. The molecule has 0 aromatic heterocycles. The van der Waals surface area contributed by atoms with Crippen molar-refractivity contribution in [2.24, 2.45) is 5.73 Å². The summed E-state index contributed by atoms with van der Waals surface area (Å²) in [5.41, 5.74) is 5.80. The zero-order valence-electron chi connectivity index (χ0n) is 9.44. The number of amides is 1. The summed E-state index contributed by atoms with van der Waals surface area (Å²) in [5.74, 6) is 0.0713. The Morgan fingerprint density at radius 3 is 2.87 bits per heavy atom. The molecule has 0 saturated carbocycles. The molecule has 90 valence electrons. The van der Waals surface area contributed by atoms with Gasteiger partial charge in [0, 0.05) is 25.7 Å². The molecule has 0 aromatic carbocycles. The Balaban J connectivity index is 0.00000196. The zero-order valence-corrected chi connectivity index (χ0v) is 10.3. The Morgan fingerprint density at radius 1 is 1.67 bits per heavy atom. The maximum atomic E-state index is 11.8. The van der Waals surface area contributed by atoms with Gasteiger partial charge in [-0.2, -0.15) is 0 Å². The minimum Gasteiger partial charge on any atom is -0.369 e. The first kappa shape index (κ1) is 14.7. The molecule has 1 saturated heterocycles. The van der Waals surface area contributed by atoms with E-state index in [4.69, 9.17) is 10.5 Å². The van der Waals surface area contributed by atoms with Crippen LogP contribution in [0, 0.1) is 0 Å². The number of halogens is 1. The smallest absolute Gasteiger partial charge is 0.251 e. The lowest BCUT2D eigenvalue weighted by atomic mass is 10.1. The van der Waals surface area contributed by atoms with Crippen LogP contribution in [0.25, 0.3) is 0 Å². The van der Waals surface area contributed by atoms with E-state index in [0.717, 1.165) is 19.4 Å². The summed E-state index contributed by atoms with van der Waals surface area (Å²) in [5, 5.41) is 0. The monoisotopic (exact) mass is 236 g/mol. The van der Waals surface area contributed by atoms with Crippen LogP contribution in [0.4, 0.5) is 0 Å². The Hall–Kier alpha value is -0.320. The summed E-state index contributed by atoms with van der Waals surface area (Å²) >= 11 is 0. The summed E-state index contributed by atoms with van der Waals surface area (Å²) < 4.78 is 5.26. The molecule has 5 heteroatoms. The zero-order chi connectivity index (χ0) is 10.6. The molecule has 1 heterocycles. The van der Waals surface area contributed by atoms with Gasteiger partial charge in [-0.05, 0) is 26.7 Å². The first-order valence-corrected chi connectivity index (χ1v) is 5.31. The second-order valence-corrected chi connectivity index (χ2v) is 3.78. The van der Waals surface area contributed by atoms with E-state index < -0.39 is 0 Å². The lowest BCUT2D eigenvalue weighted by molar-refractivity contribution is -0.143. The lowest BCUT2D eigenvalue weighted by Crippen LogP contribution is -2.49. The molecule has 2 atom stereocenters. The van der Waals surface area contributed by atoms with E-state index in [9.17, 15) is 4.79 Å². The highest BCUT2D eigenvalue weighted by molar-refractivity contribution is 5.85. The van der Waals surface area contributed by atoms with Crippen molar-refractivity contribution >= 4 is 18.3 Å². The Bertz CT molecular complexity index is 202. The van der Waals surface area contributed by atoms with E-state index in [1.54, 1.807) is 6.92 Å². The SMILES string of the molecule is CCOC(C)C(=O)N1CCCC(N)C1.Cl. The average Bonchev–Trinajstić information content (AvgIpc) is 2.17. The summed E-state index contributed by atoms with van der Waals surface area (Å²) in [4.78, 5) is 13.6. The van der Waals surface area contributed by atoms with Gasteiger partial charge in [-0.15, -0.1) is 12.4 Å². The molecule has 0 aromatic rings. The number of likely N-dealkylation sites (tertiary alicyclic amines) is 1. The van der Waals surface area contributed by atoms with E-state index in [1.165, 1.54) is 0 Å². The molecule has 0 radical (unpaired) electrons. The van der Waals surface area contributed by atoms with Crippen LogP contribution in [0.15, 0.2) is 0 Å². The number of nitrogens with zero attached hydrogens (tertiary/aromatic N) is 1. The summed E-state index contributed by atoms with van der Waals surface area (Å²) in [6.45, 7) is 5.77. The van der Waals surface area contributed by atoms with Gasteiger partial charge in [0.1, 0.15) is 6.10 Å². The van der Waals surface area contributed by atoms with Crippen LogP contribution in [0.2, 0.25) is 0 Å². The third-order valence-electron chi connectivity index (χ3n) is 2.53. The van der Waals surface area contributed by atoms with Crippen molar-refractivity contribution in [3.05, 3.63) is 0 Å². The fourth-order valence-electron chi connectivity index (χ4n) is 1.79. The summed E-state index contributed by atoms with van der Waals surface area (Å²) in [7, 11) is 0. The van der Waals surface area contributed by atoms with Gasteiger partial charge in [0.25, 0.3) is 5.91 Å². The molecule has 2 N–H and O–H groups in total. The van der Waals surface area contributed by atoms with Crippen molar-refractivity contribution in [2.75, 3.05) is 19.7 Å². The molecule has 0 spiro atoms. The minimum absolute atomic E-state index is 0. The van der Waals surface area contributed by atoms with Gasteiger partial charge >= 0.3 is 0 Å². The van der Waals surface area contributed by atoms with Crippen molar-refractivity contribution in [1.29, 1.82) is 0 Å². The van der Waals surface area contributed by atoms with Gasteiger partial charge in [0.2, 0.25) is 0 Å². The summed E-state index contributed by atoms with van der Waals surface area (Å²) in [6.07, 6.45) is 1.70. The molecule has 1 amide bonds. The molecule has 2 unspecified atom stereocenters. The molecule has 4 nitrogen and oxygen atoms in total. The van der Waals surface area contributed by atoms with Crippen LogP contribution in [0.1, 0.15) is 26.7 Å². The fourth-order valence-corrected chi connectivity index (χ4v) is 1.79. The van der Waals surface area contributed by atoms with Crippen LogP contribution >= 0.6 is 12.4 Å². The van der Waals surface area contributed by atoms with Crippen LogP contribution in [0.3, 0.4) is 0 Å². The second-order valence-electron chi connectivity index (χ2n) is 3.78. The maximum absolute atomic E-state index is 11.8. The third-order valence-corrected chi connectivity index (χ3v) is 2.53. The van der Waals surface area contributed by atoms with Gasteiger partial charge in [-0.1, -0.05) is 0 Å². The second kappa shape index (κ2) is 7.04. The predicted molar refractivity (Wildman–Crippen MR) is 62.1 cm³/mol. The van der Waals surface area contributed by atoms with Gasteiger partial charge in [-0.3, -0.25) is 4.79 Å². The Labute approximate surface area is 97.5 Å². The highest BCUT2D eigenvalue weighted by atomic mass is 35.5. The van der Waals surface area contributed by atoms with E-state index >= 15 is 0 Å². The average molecular weight is 237 g/mol. The number of rotatable bonds is 3. The highest BCUT2D eigenvalue weighted by Crippen LogP contribution is 2.10. The van der Waals surface area contributed by atoms with Crippen molar-refractivity contribution in [3.63, 3.8) is 0 Å². The quantitative estimate of drug-likeness (QED) is 0.788. The van der Waals surface area contributed by atoms with Crippen LogP contribution in [-0.4, -0.2) is 42.6 Å². The maximum Gasteiger partial charge on any atom is 0.251 e. The molecule has 0 bridgehead atoms. The van der Waals surface area contributed by atoms with Crippen molar-refractivity contribution in [2.45, 2.75) is 38.8 Å². The predicted octanol–water partition coefficient (Wildman–Crippen LogP) is 0.783. The van der Waals surface area contributed by atoms with Crippen LogP contribution in [-0.2, 0) is 9.53 Å². The van der Waals surface area contributed by atoms with Gasteiger partial charge in [-0.25, -0.2) is 0 Å². The summed E-state index contributed by atoms with van der Waals surface area (Å²) in [6, 6.07) is 0.140. The standard InChI is InChI=1S/C10H20N2O2.ClH/c1-3-14-8(2)10(13)12-6-4-5-9(11)7-12;/h8-9H,3-7,11H2,1-2H3;1H. The highest BCUT2D eigenvalue weighted by Gasteiger charge is 2.25. The van der Waals surface area contributed by atoms with Gasteiger partial charge in [0.15, 0.2) is 0 Å². The number of nitrogens with two attached hydrogens (primary N) is 1.